The molecule has 16 heavy (non-hydrogen) atoms. The van der Waals surface area contributed by atoms with Gasteiger partial charge in [0.1, 0.15) is 10.8 Å². The molecule has 0 saturated carbocycles. The van der Waals surface area contributed by atoms with Crippen LogP contribution in [0.1, 0.15) is 12.6 Å². The average molecular weight is 296 g/mol. The Balaban J connectivity index is 2.32. The van der Waals surface area contributed by atoms with Crippen LogP contribution in [0.25, 0.3) is 10.6 Å². The fourth-order valence-corrected chi connectivity index (χ4v) is 2.86. The van der Waals surface area contributed by atoms with Gasteiger partial charge >= 0.3 is 0 Å². The minimum absolute atomic E-state index is 0.143. The topological polar surface area (TPSA) is 30.0 Å². The van der Waals surface area contributed by atoms with Crippen LogP contribution in [0.15, 0.2) is 34.1 Å². The summed E-state index contributed by atoms with van der Waals surface area (Å²) in [5.74, 6) is 0.143. The van der Waals surface area contributed by atoms with Crippen molar-refractivity contribution in [1.29, 1.82) is 0 Å². The number of hydrogen-bond donors (Lipinski definition) is 0. The number of carbonyl (C=O) groups is 1. The van der Waals surface area contributed by atoms with Crippen LogP contribution in [0.3, 0.4) is 0 Å². The smallest absolute Gasteiger partial charge is 0.135 e. The molecule has 0 fully saturated rings. The monoisotopic (exact) mass is 295 g/mol. The first kappa shape index (κ1) is 11.5. The summed E-state index contributed by atoms with van der Waals surface area (Å²) in [6.45, 7) is 1.58. The van der Waals surface area contributed by atoms with Crippen molar-refractivity contribution in [2.45, 2.75) is 13.3 Å². The number of nitrogens with zero attached hydrogens (tertiary/aromatic N) is 1. The Kier molecular flexibility index (Phi) is 3.51. The van der Waals surface area contributed by atoms with E-state index >= 15 is 0 Å². The number of aromatic nitrogens is 1. The van der Waals surface area contributed by atoms with E-state index in [1.54, 1.807) is 18.3 Å². The maximum absolute atomic E-state index is 11.0. The largest absolute Gasteiger partial charge is 0.300 e. The Morgan fingerprint density at radius 3 is 2.88 bits per heavy atom. The van der Waals surface area contributed by atoms with E-state index in [-0.39, 0.29) is 5.78 Å². The summed E-state index contributed by atoms with van der Waals surface area (Å²) in [5.41, 5.74) is 1.92. The molecule has 0 unspecified atom stereocenters. The molecule has 0 aliphatic heterocycles. The number of ketones is 1. The van der Waals surface area contributed by atoms with Crippen molar-refractivity contribution in [3.8, 4) is 10.6 Å². The molecule has 2 rings (SSSR count). The third kappa shape index (κ3) is 2.57. The lowest BCUT2D eigenvalue weighted by atomic mass is 10.2. The molecule has 0 aliphatic carbocycles. The van der Waals surface area contributed by atoms with E-state index < -0.39 is 0 Å². The van der Waals surface area contributed by atoms with Gasteiger partial charge in [-0.15, -0.1) is 11.3 Å². The number of hydrogen-bond acceptors (Lipinski definition) is 3. The standard InChI is InChI=1S/C12H10BrNOS/c1-8(15)6-9-7-16-12(14-9)10-4-2-3-5-11(10)13/h2-5,7H,6H2,1H3. The van der Waals surface area contributed by atoms with Gasteiger partial charge < -0.3 is 0 Å². The molecule has 1 aromatic carbocycles. The third-order valence-corrected chi connectivity index (χ3v) is 3.70. The van der Waals surface area contributed by atoms with Gasteiger partial charge in [-0.25, -0.2) is 4.98 Å². The zero-order valence-electron chi connectivity index (χ0n) is 8.74. The first-order valence-corrected chi connectivity index (χ1v) is 6.53. The molecule has 0 aliphatic rings. The summed E-state index contributed by atoms with van der Waals surface area (Å²) in [5, 5.41) is 2.89. The van der Waals surface area contributed by atoms with Gasteiger partial charge in [0.15, 0.2) is 0 Å². The van der Waals surface area contributed by atoms with Crippen molar-refractivity contribution < 1.29 is 4.79 Å². The molecule has 0 amide bonds. The average Bonchev–Trinajstić information content (AvgIpc) is 2.66. The number of Topliss-reactive ketones (excluding diaryl/α,β-unsaturated/α-hetero) is 1. The predicted octanol–water partition coefficient (Wildman–Crippen LogP) is 3.70. The van der Waals surface area contributed by atoms with Gasteiger partial charge in [-0.1, -0.05) is 34.1 Å². The zero-order valence-corrected chi connectivity index (χ0v) is 11.1. The molecule has 0 atom stereocenters. The molecule has 0 spiro atoms. The van der Waals surface area contributed by atoms with Crippen LogP contribution in [0.5, 0.6) is 0 Å². The lowest BCUT2D eigenvalue weighted by molar-refractivity contribution is -0.116. The maximum Gasteiger partial charge on any atom is 0.135 e. The zero-order chi connectivity index (χ0) is 11.5. The van der Waals surface area contributed by atoms with Crippen molar-refractivity contribution in [3.63, 3.8) is 0 Å². The van der Waals surface area contributed by atoms with Crippen molar-refractivity contribution in [1.82, 2.24) is 4.98 Å². The van der Waals surface area contributed by atoms with Gasteiger partial charge in [-0.05, 0) is 13.0 Å². The normalized spacial score (nSPS) is 10.4. The number of carbonyl (C=O) groups excluding carboxylic acids is 1. The highest BCUT2D eigenvalue weighted by atomic mass is 79.9. The van der Waals surface area contributed by atoms with Gasteiger partial charge in [0.25, 0.3) is 0 Å². The molecule has 2 aromatic rings. The second-order valence-corrected chi connectivity index (χ2v) is 5.22. The van der Waals surface area contributed by atoms with Crippen LogP contribution < -0.4 is 0 Å². The Labute approximate surface area is 106 Å². The summed E-state index contributed by atoms with van der Waals surface area (Å²) < 4.78 is 1.03. The number of benzene rings is 1. The molecule has 0 N–H and O–H groups in total. The minimum Gasteiger partial charge on any atom is -0.300 e. The molecule has 0 saturated heterocycles. The Bertz CT molecular complexity index is 521. The summed E-state index contributed by atoms with van der Waals surface area (Å²) in [7, 11) is 0. The molecule has 0 bridgehead atoms. The SMILES string of the molecule is CC(=O)Cc1csc(-c2ccccc2Br)n1. The first-order valence-electron chi connectivity index (χ1n) is 4.85. The second-order valence-electron chi connectivity index (χ2n) is 3.50. The highest BCUT2D eigenvalue weighted by Gasteiger charge is 2.08. The quantitative estimate of drug-likeness (QED) is 0.864. The number of rotatable bonds is 3. The van der Waals surface area contributed by atoms with E-state index in [1.165, 1.54) is 0 Å². The fraction of sp³-hybridized carbons (Fsp3) is 0.167. The fourth-order valence-electron chi connectivity index (χ4n) is 1.40. The molecule has 1 aromatic heterocycles. The van der Waals surface area contributed by atoms with Crippen LogP contribution in [0, 0.1) is 0 Å². The highest BCUT2D eigenvalue weighted by molar-refractivity contribution is 9.10. The van der Waals surface area contributed by atoms with Crippen molar-refractivity contribution >= 4 is 33.0 Å². The predicted molar refractivity (Wildman–Crippen MR) is 69.6 cm³/mol. The first-order chi connectivity index (χ1) is 7.66. The highest BCUT2D eigenvalue weighted by Crippen LogP contribution is 2.30. The van der Waals surface area contributed by atoms with Crippen molar-refractivity contribution in [3.05, 3.63) is 39.8 Å². The maximum atomic E-state index is 11.0. The number of thiazole rings is 1. The molecule has 0 radical (unpaired) electrons. The Hall–Kier alpha value is -1.000. The molecule has 1 heterocycles. The Morgan fingerprint density at radius 2 is 2.19 bits per heavy atom. The molecule has 4 heteroatoms. The van der Waals surface area contributed by atoms with Crippen LogP contribution in [0.4, 0.5) is 0 Å². The lowest BCUT2D eigenvalue weighted by Gasteiger charge is -1.98. The lowest BCUT2D eigenvalue weighted by Crippen LogP contribution is -1.96. The number of halogens is 1. The van der Waals surface area contributed by atoms with Gasteiger partial charge in [-0.2, -0.15) is 0 Å². The molecular formula is C12H10BrNOS. The molecular weight excluding hydrogens is 286 g/mol. The van der Waals surface area contributed by atoms with E-state index in [9.17, 15) is 4.79 Å². The summed E-state index contributed by atoms with van der Waals surface area (Å²) in [6.07, 6.45) is 0.418. The van der Waals surface area contributed by atoms with E-state index in [1.807, 2.05) is 29.6 Å². The summed E-state index contributed by atoms with van der Waals surface area (Å²) in [4.78, 5) is 15.4. The van der Waals surface area contributed by atoms with Gasteiger partial charge in [0, 0.05) is 21.8 Å². The van der Waals surface area contributed by atoms with Gasteiger partial charge in [0.05, 0.1) is 5.69 Å². The van der Waals surface area contributed by atoms with E-state index in [0.717, 1.165) is 20.7 Å². The third-order valence-electron chi connectivity index (χ3n) is 2.09. The second kappa shape index (κ2) is 4.89. The van der Waals surface area contributed by atoms with Gasteiger partial charge in [-0.3, -0.25) is 4.79 Å². The van der Waals surface area contributed by atoms with Crippen molar-refractivity contribution in [2.24, 2.45) is 0 Å². The van der Waals surface area contributed by atoms with Gasteiger partial charge in [0.2, 0.25) is 0 Å². The van der Waals surface area contributed by atoms with Crippen LogP contribution >= 0.6 is 27.3 Å². The van der Waals surface area contributed by atoms with E-state index in [2.05, 4.69) is 20.9 Å². The van der Waals surface area contributed by atoms with E-state index in [4.69, 9.17) is 0 Å². The Morgan fingerprint density at radius 1 is 1.44 bits per heavy atom. The van der Waals surface area contributed by atoms with Crippen LogP contribution in [0.2, 0.25) is 0 Å². The van der Waals surface area contributed by atoms with Crippen LogP contribution in [-0.2, 0) is 11.2 Å². The molecule has 2 nitrogen and oxygen atoms in total. The summed E-state index contributed by atoms with van der Waals surface area (Å²) in [6, 6.07) is 7.95. The van der Waals surface area contributed by atoms with Crippen LogP contribution in [-0.4, -0.2) is 10.8 Å². The minimum atomic E-state index is 0.143. The molecule has 82 valence electrons. The summed E-state index contributed by atoms with van der Waals surface area (Å²) >= 11 is 5.06. The van der Waals surface area contributed by atoms with E-state index in [0.29, 0.717) is 6.42 Å². The van der Waals surface area contributed by atoms with Crippen molar-refractivity contribution in [2.75, 3.05) is 0 Å².